The molecule has 0 spiro atoms. The highest BCUT2D eigenvalue weighted by Gasteiger charge is 2.31. The number of aryl methyl sites for hydroxylation is 2. The first-order valence-corrected chi connectivity index (χ1v) is 10.3. The predicted molar refractivity (Wildman–Crippen MR) is 111 cm³/mol. The molecule has 2 aromatic heterocycles. The summed E-state index contributed by atoms with van der Waals surface area (Å²) in [6.07, 6.45) is 5.33. The number of carbonyl (C=O) groups excluding carboxylic acids is 2. The molecule has 3 rings (SSSR count). The fourth-order valence-electron chi connectivity index (χ4n) is 3.91. The van der Waals surface area contributed by atoms with Gasteiger partial charge in [0, 0.05) is 49.7 Å². The maximum atomic E-state index is 12.9. The van der Waals surface area contributed by atoms with Crippen molar-refractivity contribution in [2.45, 2.75) is 59.7 Å². The third kappa shape index (κ3) is 5.22. The fourth-order valence-corrected chi connectivity index (χ4v) is 3.91. The van der Waals surface area contributed by atoms with Crippen LogP contribution < -0.4 is 0 Å². The number of hydrogen-bond donors (Lipinski definition) is 0. The van der Waals surface area contributed by atoms with E-state index in [1.165, 1.54) is 0 Å². The molecular weight excluding hydrogens is 366 g/mol. The maximum Gasteiger partial charge on any atom is 0.244 e. The Morgan fingerprint density at radius 2 is 2.10 bits per heavy atom. The molecule has 0 radical (unpaired) electrons. The van der Waals surface area contributed by atoms with Gasteiger partial charge in [0.25, 0.3) is 0 Å². The largest absolute Gasteiger partial charge is 0.339 e. The van der Waals surface area contributed by atoms with Gasteiger partial charge >= 0.3 is 0 Å². The van der Waals surface area contributed by atoms with Gasteiger partial charge in [-0.1, -0.05) is 19.9 Å². The number of pyridine rings is 1. The molecule has 0 saturated carbocycles. The van der Waals surface area contributed by atoms with Crippen LogP contribution in [0.1, 0.15) is 43.6 Å². The number of likely N-dealkylation sites (tertiary alicyclic amines) is 1. The second-order valence-corrected chi connectivity index (χ2v) is 8.20. The van der Waals surface area contributed by atoms with Crippen molar-refractivity contribution >= 4 is 11.8 Å². The molecular formula is C22H31N5O2. The Morgan fingerprint density at radius 3 is 2.72 bits per heavy atom. The highest BCUT2D eigenvalue weighted by atomic mass is 16.2. The van der Waals surface area contributed by atoms with E-state index in [0.29, 0.717) is 13.1 Å². The number of rotatable bonds is 6. The zero-order valence-electron chi connectivity index (χ0n) is 17.8. The van der Waals surface area contributed by atoms with Crippen molar-refractivity contribution in [1.29, 1.82) is 0 Å². The van der Waals surface area contributed by atoms with E-state index in [0.717, 1.165) is 36.3 Å². The number of carbonyl (C=O) groups is 2. The van der Waals surface area contributed by atoms with Crippen molar-refractivity contribution in [2.75, 3.05) is 13.1 Å². The smallest absolute Gasteiger partial charge is 0.244 e. The van der Waals surface area contributed by atoms with Gasteiger partial charge in [-0.2, -0.15) is 5.10 Å². The summed E-state index contributed by atoms with van der Waals surface area (Å²) >= 11 is 0. The summed E-state index contributed by atoms with van der Waals surface area (Å²) in [4.78, 5) is 33.9. The molecule has 1 unspecified atom stereocenters. The molecule has 2 amide bonds. The summed E-state index contributed by atoms with van der Waals surface area (Å²) in [6, 6.07) is 5.87. The van der Waals surface area contributed by atoms with E-state index < -0.39 is 0 Å². The van der Waals surface area contributed by atoms with Crippen LogP contribution in [-0.2, 0) is 22.7 Å². The molecule has 1 aliphatic rings. The normalized spacial score (nSPS) is 16.9. The zero-order valence-corrected chi connectivity index (χ0v) is 17.8. The van der Waals surface area contributed by atoms with E-state index in [2.05, 4.69) is 10.1 Å². The molecule has 156 valence electrons. The SMILES string of the molecule is Cc1cc(C)n(CC(=O)N2CCCC(N(Cc3cccnc3)C(=O)C(C)C)C2)n1. The summed E-state index contributed by atoms with van der Waals surface area (Å²) in [7, 11) is 0. The summed E-state index contributed by atoms with van der Waals surface area (Å²) in [6.45, 7) is 9.80. The third-order valence-electron chi connectivity index (χ3n) is 5.43. The first-order valence-electron chi connectivity index (χ1n) is 10.3. The lowest BCUT2D eigenvalue weighted by atomic mass is 10.0. The van der Waals surface area contributed by atoms with E-state index in [9.17, 15) is 9.59 Å². The van der Waals surface area contributed by atoms with Gasteiger partial charge in [0.2, 0.25) is 11.8 Å². The van der Waals surface area contributed by atoms with E-state index in [1.807, 2.05) is 55.7 Å². The average Bonchev–Trinajstić information content (AvgIpc) is 3.03. The van der Waals surface area contributed by atoms with E-state index in [1.54, 1.807) is 17.1 Å². The fraction of sp³-hybridized carbons (Fsp3) is 0.545. The van der Waals surface area contributed by atoms with Crippen LogP contribution in [0.4, 0.5) is 0 Å². The standard InChI is InChI=1S/C22H31N5O2/c1-16(2)22(29)26(13-19-7-5-9-23-12-19)20-8-6-10-25(14-20)21(28)15-27-18(4)11-17(3)24-27/h5,7,9,11-12,16,20H,6,8,10,13-15H2,1-4H3. The molecule has 2 aromatic rings. The monoisotopic (exact) mass is 397 g/mol. The first-order chi connectivity index (χ1) is 13.8. The second-order valence-electron chi connectivity index (χ2n) is 8.20. The van der Waals surface area contributed by atoms with Gasteiger partial charge in [-0.25, -0.2) is 0 Å². The van der Waals surface area contributed by atoms with Crippen molar-refractivity contribution in [2.24, 2.45) is 5.92 Å². The van der Waals surface area contributed by atoms with Gasteiger partial charge < -0.3 is 9.80 Å². The van der Waals surface area contributed by atoms with Crippen LogP contribution in [0.5, 0.6) is 0 Å². The van der Waals surface area contributed by atoms with Crippen molar-refractivity contribution in [1.82, 2.24) is 24.6 Å². The van der Waals surface area contributed by atoms with Crippen LogP contribution >= 0.6 is 0 Å². The topological polar surface area (TPSA) is 71.3 Å². The van der Waals surface area contributed by atoms with Crippen molar-refractivity contribution in [3.63, 3.8) is 0 Å². The Balaban J connectivity index is 1.72. The lowest BCUT2D eigenvalue weighted by Crippen LogP contribution is -2.52. The van der Waals surface area contributed by atoms with Crippen LogP contribution in [0.15, 0.2) is 30.6 Å². The van der Waals surface area contributed by atoms with Crippen LogP contribution in [0.2, 0.25) is 0 Å². The van der Waals surface area contributed by atoms with Crippen molar-refractivity contribution in [3.8, 4) is 0 Å². The molecule has 1 atom stereocenters. The minimum atomic E-state index is -0.0903. The lowest BCUT2D eigenvalue weighted by Gasteiger charge is -2.40. The number of amides is 2. The molecule has 0 N–H and O–H groups in total. The Hall–Kier alpha value is -2.70. The van der Waals surface area contributed by atoms with Gasteiger partial charge in [-0.3, -0.25) is 19.3 Å². The van der Waals surface area contributed by atoms with E-state index in [4.69, 9.17) is 0 Å². The van der Waals surface area contributed by atoms with Gasteiger partial charge in [0.1, 0.15) is 6.54 Å². The minimum Gasteiger partial charge on any atom is -0.339 e. The molecule has 0 bridgehead atoms. The average molecular weight is 398 g/mol. The van der Waals surface area contributed by atoms with E-state index in [-0.39, 0.29) is 30.3 Å². The zero-order chi connectivity index (χ0) is 21.0. The van der Waals surface area contributed by atoms with Gasteiger partial charge in [-0.05, 0) is 44.4 Å². The summed E-state index contributed by atoms with van der Waals surface area (Å²) in [5.74, 6) is 0.0818. The first kappa shape index (κ1) is 21.0. The Bertz CT molecular complexity index is 846. The van der Waals surface area contributed by atoms with Crippen molar-refractivity contribution < 1.29 is 9.59 Å². The number of aromatic nitrogens is 3. The molecule has 0 aromatic carbocycles. The molecule has 29 heavy (non-hydrogen) atoms. The Kier molecular flexibility index (Phi) is 6.67. The number of piperidine rings is 1. The van der Waals surface area contributed by atoms with Crippen LogP contribution in [0, 0.1) is 19.8 Å². The molecule has 1 aliphatic heterocycles. The highest BCUT2D eigenvalue weighted by molar-refractivity contribution is 5.79. The molecule has 7 nitrogen and oxygen atoms in total. The maximum absolute atomic E-state index is 12.9. The Labute approximate surface area is 172 Å². The van der Waals surface area contributed by atoms with Crippen LogP contribution in [-0.4, -0.2) is 55.5 Å². The Morgan fingerprint density at radius 1 is 1.31 bits per heavy atom. The van der Waals surface area contributed by atoms with Gasteiger partial charge in [0.15, 0.2) is 0 Å². The summed E-state index contributed by atoms with van der Waals surface area (Å²) < 4.78 is 1.76. The van der Waals surface area contributed by atoms with Crippen molar-refractivity contribution in [3.05, 3.63) is 47.5 Å². The molecule has 7 heteroatoms. The summed E-state index contributed by atoms with van der Waals surface area (Å²) in [5, 5.41) is 4.40. The van der Waals surface area contributed by atoms with Crippen LogP contribution in [0.3, 0.4) is 0 Å². The third-order valence-corrected chi connectivity index (χ3v) is 5.43. The quantitative estimate of drug-likeness (QED) is 0.751. The lowest BCUT2D eigenvalue weighted by molar-refractivity contribution is -0.142. The number of hydrogen-bond acceptors (Lipinski definition) is 4. The van der Waals surface area contributed by atoms with E-state index >= 15 is 0 Å². The van der Waals surface area contributed by atoms with Gasteiger partial charge in [-0.15, -0.1) is 0 Å². The molecule has 0 aliphatic carbocycles. The van der Waals surface area contributed by atoms with Gasteiger partial charge in [0.05, 0.1) is 5.69 Å². The molecule has 1 fully saturated rings. The molecule has 1 saturated heterocycles. The minimum absolute atomic E-state index is 0.0169. The highest BCUT2D eigenvalue weighted by Crippen LogP contribution is 2.21. The molecule has 3 heterocycles. The second kappa shape index (κ2) is 9.20. The summed E-state index contributed by atoms with van der Waals surface area (Å²) in [5.41, 5.74) is 2.90. The predicted octanol–water partition coefficient (Wildman–Crippen LogP) is 2.57. The number of nitrogens with zero attached hydrogens (tertiary/aromatic N) is 5. The van der Waals surface area contributed by atoms with Crippen LogP contribution in [0.25, 0.3) is 0 Å².